The van der Waals surface area contributed by atoms with Gasteiger partial charge < -0.3 is 29.3 Å². The molecular weight excluding hydrogens is 523 g/mol. The number of ether oxygens (including phenoxy) is 1. The van der Waals surface area contributed by atoms with Crippen molar-refractivity contribution in [2.45, 2.75) is 50.6 Å². The van der Waals surface area contributed by atoms with Crippen molar-refractivity contribution >= 4 is 17.8 Å². The molecule has 39 heavy (non-hydrogen) atoms. The van der Waals surface area contributed by atoms with Crippen molar-refractivity contribution in [2.24, 2.45) is 5.92 Å². The zero-order valence-corrected chi connectivity index (χ0v) is 21.4. The van der Waals surface area contributed by atoms with Gasteiger partial charge in [-0.1, -0.05) is 0 Å². The molecule has 0 atom stereocenters. The fourth-order valence-electron chi connectivity index (χ4n) is 4.97. The van der Waals surface area contributed by atoms with Crippen molar-refractivity contribution in [3.05, 3.63) is 47.3 Å². The zero-order chi connectivity index (χ0) is 28.4. The molecule has 2 aromatic heterocycles. The standard InChI is InChI=1S/C23H28F3N5O2.C2H2O4/c1-29(14-16-2-3-16)15-18-13-28-21-22(33-11-10-31(18)21)5-8-30(9-6-22)20(32)17-4-7-27-19(12-17)23(24,25)26;3-1(4)2(5)6/h4,7,12-13,16H,2-3,5-6,8-11,14-15H2,1H3;(H,3,4)(H,5,6). The highest BCUT2D eigenvalue weighted by Crippen LogP contribution is 2.39. The van der Waals surface area contributed by atoms with Gasteiger partial charge >= 0.3 is 18.1 Å². The summed E-state index contributed by atoms with van der Waals surface area (Å²) < 4.78 is 47.4. The number of carbonyl (C=O) groups excluding carboxylic acids is 1. The Balaban J connectivity index is 0.000000531. The molecule has 14 heteroatoms. The third-order valence-electron chi connectivity index (χ3n) is 7.08. The van der Waals surface area contributed by atoms with E-state index < -0.39 is 35.3 Å². The fourth-order valence-corrected chi connectivity index (χ4v) is 4.97. The molecule has 212 valence electrons. The van der Waals surface area contributed by atoms with E-state index in [9.17, 15) is 18.0 Å². The molecule has 5 rings (SSSR count). The number of aliphatic carboxylic acids is 2. The SMILES string of the molecule is CN(Cc1cnc2n1CCOC21CCN(C(=O)c2ccnc(C(F)(F)F)c2)CC1)CC1CC1.O=C(O)C(=O)O. The van der Waals surface area contributed by atoms with Gasteiger partial charge in [0.2, 0.25) is 0 Å². The summed E-state index contributed by atoms with van der Waals surface area (Å²) in [6.45, 7) is 4.07. The average Bonchev–Trinajstić information content (AvgIpc) is 3.61. The van der Waals surface area contributed by atoms with Crippen molar-refractivity contribution in [3.8, 4) is 0 Å². The molecule has 2 aliphatic heterocycles. The summed E-state index contributed by atoms with van der Waals surface area (Å²) in [5.41, 5.74) is -0.442. The number of pyridine rings is 1. The first kappa shape index (κ1) is 28.5. The highest BCUT2D eigenvalue weighted by atomic mass is 19.4. The number of carbonyl (C=O) groups is 3. The minimum Gasteiger partial charge on any atom is -0.473 e. The van der Waals surface area contributed by atoms with Crippen molar-refractivity contribution in [3.63, 3.8) is 0 Å². The second-order valence-corrected chi connectivity index (χ2v) is 10.0. The van der Waals surface area contributed by atoms with Crippen LogP contribution in [0.15, 0.2) is 24.5 Å². The Bertz CT molecular complexity index is 1210. The quantitative estimate of drug-likeness (QED) is 0.535. The molecule has 0 unspecified atom stereocenters. The molecule has 0 radical (unpaired) electrons. The number of likely N-dealkylation sites (tertiary alicyclic amines) is 1. The maximum Gasteiger partial charge on any atom is 0.433 e. The first-order chi connectivity index (χ1) is 18.4. The molecule has 2 aromatic rings. The predicted octanol–water partition coefficient (Wildman–Crippen LogP) is 2.46. The summed E-state index contributed by atoms with van der Waals surface area (Å²) in [4.78, 5) is 43.1. The number of halogens is 3. The summed E-state index contributed by atoms with van der Waals surface area (Å²) in [5.74, 6) is -2.34. The van der Waals surface area contributed by atoms with E-state index in [0.717, 1.165) is 43.6 Å². The van der Waals surface area contributed by atoms with Crippen LogP contribution in [-0.2, 0) is 39.2 Å². The van der Waals surface area contributed by atoms with Crippen LogP contribution in [-0.4, -0.2) is 85.7 Å². The van der Waals surface area contributed by atoms with Crippen LogP contribution in [0.5, 0.6) is 0 Å². The molecule has 3 aliphatic rings. The second-order valence-electron chi connectivity index (χ2n) is 10.0. The number of hydrogen-bond donors (Lipinski definition) is 2. The lowest BCUT2D eigenvalue weighted by Gasteiger charge is -2.43. The normalized spacial score (nSPS) is 18.3. The van der Waals surface area contributed by atoms with Crippen molar-refractivity contribution < 1.29 is 42.5 Å². The van der Waals surface area contributed by atoms with Crippen molar-refractivity contribution in [1.29, 1.82) is 0 Å². The van der Waals surface area contributed by atoms with Gasteiger partial charge in [-0.05, 0) is 37.9 Å². The van der Waals surface area contributed by atoms with E-state index in [1.54, 1.807) is 4.90 Å². The van der Waals surface area contributed by atoms with Gasteiger partial charge in [0.1, 0.15) is 17.1 Å². The van der Waals surface area contributed by atoms with Gasteiger partial charge in [0.25, 0.3) is 5.91 Å². The number of aromatic nitrogens is 3. The van der Waals surface area contributed by atoms with Crippen LogP contribution in [0.4, 0.5) is 13.2 Å². The smallest absolute Gasteiger partial charge is 0.433 e. The van der Waals surface area contributed by atoms with Crippen LogP contribution in [0.3, 0.4) is 0 Å². The Labute approximate surface area is 222 Å². The van der Waals surface area contributed by atoms with Crippen LogP contribution in [0.25, 0.3) is 0 Å². The van der Waals surface area contributed by atoms with Crippen LogP contribution in [0.1, 0.15) is 53.3 Å². The van der Waals surface area contributed by atoms with Gasteiger partial charge in [0.15, 0.2) is 0 Å². The lowest BCUT2D eigenvalue weighted by atomic mass is 9.89. The molecule has 1 aliphatic carbocycles. The van der Waals surface area contributed by atoms with Crippen LogP contribution >= 0.6 is 0 Å². The minimum atomic E-state index is -4.58. The lowest BCUT2D eigenvalue weighted by molar-refractivity contribution is -0.159. The Morgan fingerprint density at radius 2 is 1.79 bits per heavy atom. The number of carboxylic acids is 2. The van der Waals surface area contributed by atoms with Gasteiger partial charge in [-0.15, -0.1) is 0 Å². The van der Waals surface area contributed by atoms with Crippen LogP contribution < -0.4 is 0 Å². The zero-order valence-electron chi connectivity index (χ0n) is 21.4. The van der Waals surface area contributed by atoms with Gasteiger partial charge in [-0.2, -0.15) is 13.2 Å². The summed E-state index contributed by atoms with van der Waals surface area (Å²) in [5, 5.41) is 14.8. The number of alkyl halides is 3. The van der Waals surface area contributed by atoms with Crippen LogP contribution in [0.2, 0.25) is 0 Å². The number of piperidine rings is 1. The monoisotopic (exact) mass is 553 g/mol. The molecule has 4 heterocycles. The highest BCUT2D eigenvalue weighted by molar-refractivity contribution is 6.27. The number of carboxylic acid groups (broad SMARTS) is 2. The number of hydrogen-bond acceptors (Lipinski definition) is 7. The molecule has 11 nitrogen and oxygen atoms in total. The molecule has 1 saturated heterocycles. The van der Waals surface area contributed by atoms with E-state index in [0.29, 0.717) is 32.5 Å². The summed E-state index contributed by atoms with van der Waals surface area (Å²) >= 11 is 0. The Hall–Kier alpha value is -3.52. The number of amides is 1. The Kier molecular flexibility index (Phi) is 8.25. The largest absolute Gasteiger partial charge is 0.473 e. The summed E-state index contributed by atoms with van der Waals surface area (Å²) in [7, 11) is 2.14. The van der Waals surface area contributed by atoms with Gasteiger partial charge in [0, 0.05) is 63.5 Å². The van der Waals surface area contributed by atoms with Crippen LogP contribution in [0, 0.1) is 5.92 Å². The van der Waals surface area contributed by atoms with E-state index in [1.165, 1.54) is 24.6 Å². The molecule has 1 amide bonds. The fraction of sp³-hybridized carbons (Fsp3) is 0.560. The number of fused-ring (bicyclic) bond motifs is 2. The number of rotatable bonds is 5. The maximum atomic E-state index is 13.0. The molecule has 1 spiro atoms. The minimum absolute atomic E-state index is 0.000300. The summed E-state index contributed by atoms with van der Waals surface area (Å²) in [6, 6.07) is 2.15. The molecular formula is C25H30F3N5O6. The van der Waals surface area contributed by atoms with E-state index in [1.807, 2.05) is 6.20 Å². The molecule has 2 N–H and O–H groups in total. The third-order valence-corrected chi connectivity index (χ3v) is 7.08. The lowest BCUT2D eigenvalue weighted by Crippen LogP contribution is -2.50. The van der Waals surface area contributed by atoms with Gasteiger partial charge in [0.05, 0.1) is 12.3 Å². The highest BCUT2D eigenvalue weighted by Gasteiger charge is 2.44. The first-order valence-electron chi connectivity index (χ1n) is 12.6. The molecule has 0 aromatic carbocycles. The van der Waals surface area contributed by atoms with E-state index in [-0.39, 0.29) is 5.56 Å². The van der Waals surface area contributed by atoms with E-state index >= 15 is 0 Å². The number of imidazole rings is 1. The number of nitrogens with zero attached hydrogens (tertiary/aromatic N) is 5. The first-order valence-corrected chi connectivity index (χ1v) is 12.6. The predicted molar refractivity (Wildman–Crippen MR) is 129 cm³/mol. The molecule has 2 fully saturated rings. The van der Waals surface area contributed by atoms with Crippen molar-refractivity contribution in [2.75, 3.05) is 33.3 Å². The second kappa shape index (κ2) is 11.3. The summed E-state index contributed by atoms with van der Waals surface area (Å²) in [6.07, 6.45) is 2.14. The van der Waals surface area contributed by atoms with E-state index in [4.69, 9.17) is 29.5 Å². The molecule has 0 bridgehead atoms. The van der Waals surface area contributed by atoms with E-state index in [2.05, 4.69) is 21.5 Å². The van der Waals surface area contributed by atoms with Gasteiger partial charge in [-0.3, -0.25) is 9.78 Å². The maximum absolute atomic E-state index is 13.0. The molecule has 1 saturated carbocycles. The van der Waals surface area contributed by atoms with Crippen molar-refractivity contribution in [1.82, 2.24) is 24.3 Å². The Morgan fingerprint density at radius 1 is 1.13 bits per heavy atom. The average molecular weight is 554 g/mol. The van der Waals surface area contributed by atoms with Gasteiger partial charge in [-0.25, -0.2) is 14.6 Å². The topological polar surface area (TPSA) is 138 Å². The Morgan fingerprint density at radius 3 is 2.38 bits per heavy atom. The third kappa shape index (κ3) is 6.74.